The second-order valence-corrected chi connectivity index (χ2v) is 5.64. The van der Waals surface area contributed by atoms with Crippen LogP contribution in [0.4, 0.5) is 0 Å². The van der Waals surface area contributed by atoms with Gasteiger partial charge in [0.05, 0.1) is 17.8 Å². The molecule has 0 spiro atoms. The van der Waals surface area contributed by atoms with Crippen molar-refractivity contribution in [1.29, 1.82) is 0 Å². The van der Waals surface area contributed by atoms with E-state index in [1.54, 1.807) is 11.3 Å². The predicted octanol–water partition coefficient (Wildman–Crippen LogP) is 1.83. The second-order valence-electron chi connectivity index (χ2n) is 4.58. The van der Waals surface area contributed by atoms with Gasteiger partial charge in [-0.1, -0.05) is 0 Å². The number of methoxy groups -OCH3 is 1. The third-order valence-corrected chi connectivity index (χ3v) is 3.89. The van der Waals surface area contributed by atoms with Crippen molar-refractivity contribution >= 4 is 17.3 Å². The van der Waals surface area contributed by atoms with Crippen LogP contribution in [0.25, 0.3) is 0 Å². The first kappa shape index (κ1) is 12.5. The smallest absolute Gasteiger partial charge is 0.323 e. The average molecular weight is 254 g/mol. The Balaban J connectivity index is 2.01. The van der Waals surface area contributed by atoms with E-state index in [0.29, 0.717) is 12.5 Å². The molecule has 0 saturated heterocycles. The molecule has 0 amide bonds. The van der Waals surface area contributed by atoms with Gasteiger partial charge in [-0.25, -0.2) is 4.98 Å². The van der Waals surface area contributed by atoms with Gasteiger partial charge in [-0.05, 0) is 32.7 Å². The van der Waals surface area contributed by atoms with Crippen molar-refractivity contribution in [3.05, 3.63) is 16.1 Å². The lowest BCUT2D eigenvalue weighted by molar-refractivity contribution is -0.147. The highest BCUT2D eigenvalue weighted by molar-refractivity contribution is 7.09. The number of aromatic nitrogens is 1. The van der Waals surface area contributed by atoms with E-state index < -0.39 is 0 Å². The fraction of sp³-hybridized carbons (Fsp3) is 0.667. The number of likely N-dealkylation sites (N-methyl/N-ethyl adjacent to an activating group) is 1. The Hall–Kier alpha value is -0.940. The van der Waals surface area contributed by atoms with E-state index in [2.05, 4.69) is 9.88 Å². The van der Waals surface area contributed by atoms with Gasteiger partial charge >= 0.3 is 5.97 Å². The minimum absolute atomic E-state index is 0.109. The number of aryl methyl sites for hydroxylation is 1. The molecule has 1 saturated carbocycles. The van der Waals surface area contributed by atoms with Crippen LogP contribution in [0.3, 0.4) is 0 Å². The van der Waals surface area contributed by atoms with Gasteiger partial charge in [-0.15, -0.1) is 11.3 Å². The number of carbonyl (C=O) groups excluding carboxylic acids is 1. The topological polar surface area (TPSA) is 42.4 Å². The van der Waals surface area contributed by atoms with Crippen LogP contribution in [-0.2, 0) is 16.1 Å². The van der Waals surface area contributed by atoms with Crippen molar-refractivity contribution in [2.45, 2.75) is 32.4 Å². The van der Waals surface area contributed by atoms with E-state index in [4.69, 9.17) is 4.74 Å². The Morgan fingerprint density at radius 2 is 2.41 bits per heavy atom. The third-order valence-electron chi connectivity index (χ3n) is 3.06. The normalized spacial score (nSPS) is 17.2. The van der Waals surface area contributed by atoms with Crippen LogP contribution in [0.1, 0.15) is 23.5 Å². The first-order chi connectivity index (χ1) is 8.11. The van der Waals surface area contributed by atoms with Crippen LogP contribution >= 0.6 is 11.3 Å². The van der Waals surface area contributed by atoms with Gasteiger partial charge in [0.25, 0.3) is 0 Å². The molecule has 0 N–H and O–H groups in total. The number of hydrogen-bond donors (Lipinski definition) is 0. The molecule has 1 atom stereocenters. The number of thiazole rings is 1. The standard InChI is InChI=1S/C12H18N2O2S/c1-8-13-10(7-17-8)6-14(2)11(9-4-5-9)12(15)16-3/h7,9,11H,4-6H2,1-3H3. The maximum absolute atomic E-state index is 11.7. The maximum atomic E-state index is 11.7. The molecule has 0 bridgehead atoms. The molecule has 1 aromatic heterocycles. The number of hydrogen-bond acceptors (Lipinski definition) is 5. The number of rotatable bonds is 5. The third kappa shape index (κ3) is 3.04. The summed E-state index contributed by atoms with van der Waals surface area (Å²) in [6.07, 6.45) is 2.25. The summed E-state index contributed by atoms with van der Waals surface area (Å²) in [4.78, 5) is 18.2. The molecule has 5 heteroatoms. The Labute approximate surface area is 106 Å². The molecule has 0 aliphatic heterocycles. The van der Waals surface area contributed by atoms with Gasteiger partial charge in [0.2, 0.25) is 0 Å². The van der Waals surface area contributed by atoms with Crippen molar-refractivity contribution in [1.82, 2.24) is 9.88 Å². The lowest BCUT2D eigenvalue weighted by Gasteiger charge is -2.24. The predicted molar refractivity (Wildman–Crippen MR) is 66.8 cm³/mol. The first-order valence-corrected chi connectivity index (χ1v) is 6.69. The lowest BCUT2D eigenvalue weighted by Crippen LogP contribution is -2.40. The average Bonchev–Trinajstić information content (AvgIpc) is 3.03. The van der Waals surface area contributed by atoms with Crippen LogP contribution in [0.15, 0.2) is 5.38 Å². The summed E-state index contributed by atoms with van der Waals surface area (Å²) >= 11 is 1.64. The fourth-order valence-electron chi connectivity index (χ4n) is 2.10. The van der Waals surface area contributed by atoms with Crippen molar-refractivity contribution < 1.29 is 9.53 Å². The molecular weight excluding hydrogens is 236 g/mol. The van der Waals surface area contributed by atoms with E-state index in [-0.39, 0.29) is 12.0 Å². The van der Waals surface area contributed by atoms with Crippen molar-refractivity contribution in [2.75, 3.05) is 14.2 Å². The monoisotopic (exact) mass is 254 g/mol. The van der Waals surface area contributed by atoms with E-state index in [9.17, 15) is 4.79 Å². The highest BCUT2D eigenvalue weighted by Crippen LogP contribution is 2.36. The molecule has 1 fully saturated rings. The lowest BCUT2D eigenvalue weighted by atomic mass is 10.1. The number of nitrogens with zero attached hydrogens (tertiary/aromatic N) is 2. The quantitative estimate of drug-likeness (QED) is 0.752. The van der Waals surface area contributed by atoms with Gasteiger partial charge in [0, 0.05) is 11.9 Å². The van der Waals surface area contributed by atoms with Gasteiger partial charge < -0.3 is 4.74 Å². The largest absolute Gasteiger partial charge is 0.468 e. The molecule has 0 aromatic carbocycles. The molecule has 0 radical (unpaired) electrons. The summed E-state index contributed by atoms with van der Waals surface area (Å²) in [7, 11) is 3.42. The molecule has 1 unspecified atom stereocenters. The Morgan fingerprint density at radius 3 is 2.88 bits per heavy atom. The van der Waals surface area contributed by atoms with Gasteiger partial charge in [-0.3, -0.25) is 9.69 Å². The SMILES string of the molecule is COC(=O)C(C1CC1)N(C)Cc1csc(C)n1. The molecular formula is C12H18N2O2S. The van der Waals surface area contributed by atoms with E-state index in [1.807, 2.05) is 19.4 Å². The Bertz CT molecular complexity index is 401. The zero-order valence-corrected chi connectivity index (χ0v) is 11.3. The van der Waals surface area contributed by atoms with Crippen molar-refractivity contribution in [2.24, 2.45) is 5.92 Å². The Kier molecular flexibility index (Phi) is 3.79. The van der Waals surface area contributed by atoms with Gasteiger partial charge in [0.15, 0.2) is 0 Å². The number of ether oxygens (including phenoxy) is 1. The summed E-state index contributed by atoms with van der Waals surface area (Å²) in [5, 5.41) is 3.11. The summed E-state index contributed by atoms with van der Waals surface area (Å²) in [6.45, 7) is 2.70. The second kappa shape index (κ2) is 5.14. The molecule has 2 rings (SSSR count). The summed E-state index contributed by atoms with van der Waals surface area (Å²) < 4.78 is 4.88. The van der Waals surface area contributed by atoms with Crippen LogP contribution in [-0.4, -0.2) is 36.1 Å². The zero-order chi connectivity index (χ0) is 12.4. The molecule has 1 aliphatic carbocycles. The molecule has 1 aliphatic rings. The summed E-state index contributed by atoms with van der Waals surface area (Å²) in [5.74, 6) is 0.342. The number of carbonyl (C=O) groups is 1. The van der Waals surface area contributed by atoms with E-state index in [1.165, 1.54) is 7.11 Å². The van der Waals surface area contributed by atoms with Crippen LogP contribution in [0.5, 0.6) is 0 Å². The van der Waals surface area contributed by atoms with Crippen LogP contribution in [0, 0.1) is 12.8 Å². The summed E-state index contributed by atoms with van der Waals surface area (Å²) in [6, 6.07) is -0.109. The molecule has 4 nitrogen and oxygen atoms in total. The van der Waals surface area contributed by atoms with Crippen molar-refractivity contribution in [3.8, 4) is 0 Å². The fourth-order valence-corrected chi connectivity index (χ4v) is 2.70. The minimum atomic E-state index is -0.123. The zero-order valence-electron chi connectivity index (χ0n) is 10.5. The first-order valence-electron chi connectivity index (χ1n) is 5.81. The summed E-state index contributed by atoms with van der Waals surface area (Å²) in [5.41, 5.74) is 1.03. The highest BCUT2D eigenvalue weighted by atomic mass is 32.1. The van der Waals surface area contributed by atoms with Crippen LogP contribution in [0.2, 0.25) is 0 Å². The molecule has 17 heavy (non-hydrogen) atoms. The van der Waals surface area contributed by atoms with Crippen molar-refractivity contribution in [3.63, 3.8) is 0 Å². The maximum Gasteiger partial charge on any atom is 0.323 e. The molecule has 1 heterocycles. The van der Waals surface area contributed by atoms with Gasteiger partial charge in [-0.2, -0.15) is 0 Å². The highest BCUT2D eigenvalue weighted by Gasteiger charge is 2.39. The number of esters is 1. The minimum Gasteiger partial charge on any atom is -0.468 e. The van der Waals surface area contributed by atoms with E-state index >= 15 is 0 Å². The molecule has 1 aromatic rings. The molecule has 94 valence electrons. The van der Waals surface area contributed by atoms with Gasteiger partial charge in [0.1, 0.15) is 6.04 Å². The van der Waals surface area contributed by atoms with E-state index in [0.717, 1.165) is 23.5 Å². The Morgan fingerprint density at radius 1 is 1.71 bits per heavy atom. The van der Waals surface area contributed by atoms with Crippen LogP contribution < -0.4 is 0 Å².